The second-order valence-electron chi connectivity index (χ2n) is 4.67. The Hall–Kier alpha value is -1.62. The van der Waals surface area contributed by atoms with Gasteiger partial charge >= 0.3 is 0 Å². The summed E-state index contributed by atoms with van der Waals surface area (Å²) >= 11 is 7.02. The Morgan fingerprint density at radius 1 is 1.10 bits per heavy atom. The van der Waals surface area contributed by atoms with Gasteiger partial charge in [-0.1, -0.05) is 12.1 Å². The van der Waals surface area contributed by atoms with Crippen LogP contribution in [0.15, 0.2) is 47.3 Å². The van der Waals surface area contributed by atoms with Gasteiger partial charge in [-0.05, 0) is 48.5 Å². The summed E-state index contributed by atoms with van der Waals surface area (Å²) in [6.07, 6.45) is 0.812. The van der Waals surface area contributed by atoms with E-state index in [-0.39, 0.29) is 5.43 Å². The summed E-state index contributed by atoms with van der Waals surface area (Å²) in [5.41, 5.74) is 0.0622. The van der Waals surface area contributed by atoms with Crippen LogP contribution in [0.5, 0.6) is 5.75 Å². The van der Waals surface area contributed by atoms with Crippen LogP contribution in [0.1, 0.15) is 6.42 Å². The molecule has 108 valence electrons. The van der Waals surface area contributed by atoms with Crippen LogP contribution >= 0.6 is 23.1 Å². The normalized spacial score (nSPS) is 11.1. The van der Waals surface area contributed by atoms with Crippen LogP contribution in [0.25, 0.3) is 20.2 Å². The summed E-state index contributed by atoms with van der Waals surface area (Å²) in [6, 6.07) is 13.4. The second kappa shape index (κ2) is 6.43. The zero-order chi connectivity index (χ0) is 14.7. The van der Waals surface area contributed by atoms with Crippen LogP contribution in [0.2, 0.25) is 0 Å². The SMILES string of the molecule is O=c1c2ccccc2sc2ccc(OCCCNCl)cc12. The average Bonchev–Trinajstić information content (AvgIpc) is 2.52. The summed E-state index contributed by atoms with van der Waals surface area (Å²) in [7, 11) is 0. The summed E-state index contributed by atoms with van der Waals surface area (Å²) in [5.74, 6) is 0.719. The van der Waals surface area contributed by atoms with Crippen LogP contribution in [-0.2, 0) is 0 Å². The Morgan fingerprint density at radius 3 is 2.76 bits per heavy atom. The van der Waals surface area contributed by atoms with E-state index in [1.54, 1.807) is 11.3 Å². The molecule has 1 N–H and O–H groups in total. The molecule has 0 radical (unpaired) electrons. The lowest BCUT2D eigenvalue weighted by Crippen LogP contribution is -2.07. The Bertz CT molecular complexity index is 831. The first-order valence-corrected chi connectivity index (χ1v) is 7.91. The summed E-state index contributed by atoms with van der Waals surface area (Å²) in [5, 5.41) is 1.48. The molecule has 0 bridgehead atoms. The van der Waals surface area contributed by atoms with E-state index in [0.717, 1.165) is 27.0 Å². The fourth-order valence-corrected chi connectivity index (χ4v) is 3.39. The van der Waals surface area contributed by atoms with Gasteiger partial charge in [0.15, 0.2) is 5.43 Å². The Kier molecular flexibility index (Phi) is 4.39. The molecule has 0 aliphatic rings. The molecule has 3 aromatic rings. The quantitative estimate of drug-likeness (QED) is 0.440. The number of fused-ring (bicyclic) bond motifs is 2. The molecule has 3 nitrogen and oxygen atoms in total. The highest BCUT2D eigenvalue weighted by molar-refractivity contribution is 7.24. The maximum absolute atomic E-state index is 12.5. The third-order valence-electron chi connectivity index (χ3n) is 3.23. The molecule has 5 heteroatoms. The van der Waals surface area contributed by atoms with E-state index >= 15 is 0 Å². The molecule has 0 atom stereocenters. The van der Waals surface area contributed by atoms with Crippen LogP contribution in [-0.4, -0.2) is 13.2 Å². The van der Waals surface area contributed by atoms with Crippen molar-refractivity contribution < 1.29 is 4.74 Å². The third kappa shape index (κ3) is 3.02. The first-order chi connectivity index (χ1) is 10.3. The summed E-state index contributed by atoms with van der Waals surface area (Å²) < 4.78 is 7.64. The topological polar surface area (TPSA) is 38.3 Å². The van der Waals surface area contributed by atoms with Crippen molar-refractivity contribution in [3.63, 3.8) is 0 Å². The molecule has 1 heterocycles. The predicted octanol–water partition coefficient (Wildman–Crippen LogP) is 3.93. The molecule has 0 spiro atoms. The van der Waals surface area contributed by atoms with Crippen molar-refractivity contribution in [3.8, 4) is 5.75 Å². The van der Waals surface area contributed by atoms with Crippen LogP contribution < -0.4 is 15.0 Å². The number of ether oxygens (including phenoxy) is 1. The molecule has 0 amide bonds. The minimum Gasteiger partial charge on any atom is -0.494 e. The lowest BCUT2D eigenvalue weighted by atomic mass is 10.2. The lowest BCUT2D eigenvalue weighted by molar-refractivity contribution is 0.312. The maximum Gasteiger partial charge on any atom is 0.196 e. The smallest absolute Gasteiger partial charge is 0.196 e. The molecule has 0 unspecified atom stereocenters. The van der Waals surface area contributed by atoms with E-state index in [9.17, 15) is 4.79 Å². The molecule has 0 fully saturated rings. The number of halogens is 1. The summed E-state index contributed by atoms with van der Waals surface area (Å²) in [6.45, 7) is 1.26. The van der Waals surface area contributed by atoms with Gasteiger partial charge < -0.3 is 4.74 Å². The molecule has 3 rings (SSSR count). The maximum atomic E-state index is 12.5. The third-order valence-corrected chi connectivity index (χ3v) is 4.57. The molecular formula is C16H14ClNO2S. The van der Waals surface area contributed by atoms with Gasteiger partial charge in [-0.3, -0.25) is 4.79 Å². The number of rotatable bonds is 5. The van der Waals surface area contributed by atoms with E-state index in [2.05, 4.69) is 4.84 Å². The molecule has 21 heavy (non-hydrogen) atoms. The fraction of sp³-hybridized carbons (Fsp3) is 0.188. The van der Waals surface area contributed by atoms with Crippen molar-refractivity contribution in [2.45, 2.75) is 6.42 Å². The van der Waals surface area contributed by atoms with E-state index in [1.165, 1.54) is 0 Å². The van der Waals surface area contributed by atoms with Crippen LogP contribution in [0.4, 0.5) is 0 Å². The van der Waals surface area contributed by atoms with Gasteiger partial charge in [-0.2, -0.15) is 0 Å². The lowest BCUT2D eigenvalue weighted by Gasteiger charge is -2.07. The molecule has 0 aliphatic carbocycles. The highest BCUT2D eigenvalue weighted by Gasteiger charge is 2.06. The van der Waals surface area contributed by atoms with Gasteiger partial charge in [-0.25, -0.2) is 4.84 Å². The Balaban J connectivity index is 1.99. The minimum absolute atomic E-state index is 0.0622. The van der Waals surface area contributed by atoms with Gasteiger partial charge in [0.25, 0.3) is 0 Å². The van der Waals surface area contributed by atoms with Crippen molar-refractivity contribution in [2.75, 3.05) is 13.2 Å². The van der Waals surface area contributed by atoms with Crippen molar-refractivity contribution in [2.24, 2.45) is 0 Å². The first-order valence-electron chi connectivity index (χ1n) is 6.71. The zero-order valence-corrected chi connectivity index (χ0v) is 12.8. The standard InChI is InChI=1S/C16H14ClNO2S/c17-18-8-3-9-20-11-6-7-15-13(10-11)16(19)12-4-1-2-5-14(12)21-15/h1-2,4-7,10,18H,3,8-9H2. The summed E-state index contributed by atoms with van der Waals surface area (Å²) in [4.78, 5) is 15.1. The fourth-order valence-electron chi connectivity index (χ4n) is 2.20. The Morgan fingerprint density at radius 2 is 1.90 bits per heavy atom. The number of nitrogens with one attached hydrogen (secondary N) is 1. The predicted molar refractivity (Wildman–Crippen MR) is 89.6 cm³/mol. The van der Waals surface area contributed by atoms with Gasteiger partial charge in [0.1, 0.15) is 5.75 Å². The number of hydrogen-bond acceptors (Lipinski definition) is 4. The van der Waals surface area contributed by atoms with Gasteiger partial charge in [0, 0.05) is 26.7 Å². The van der Waals surface area contributed by atoms with Gasteiger partial charge in [0.2, 0.25) is 0 Å². The van der Waals surface area contributed by atoms with Crippen molar-refractivity contribution in [3.05, 3.63) is 52.7 Å². The Labute approximate surface area is 131 Å². The van der Waals surface area contributed by atoms with Crippen LogP contribution in [0, 0.1) is 0 Å². The number of benzene rings is 2. The molecule has 2 aromatic carbocycles. The van der Waals surface area contributed by atoms with Gasteiger partial charge in [-0.15, -0.1) is 11.3 Å². The van der Waals surface area contributed by atoms with E-state index in [0.29, 0.717) is 18.5 Å². The largest absolute Gasteiger partial charge is 0.494 e. The van der Waals surface area contributed by atoms with E-state index in [4.69, 9.17) is 16.5 Å². The molecule has 1 aromatic heterocycles. The van der Waals surface area contributed by atoms with Crippen molar-refractivity contribution >= 4 is 43.3 Å². The number of hydrogen-bond donors (Lipinski definition) is 1. The minimum atomic E-state index is 0.0622. The van der Waals surface area contributed by atoms with Crippen LogP contribution in [0.3, 0.4) is 0 Å². The second-order valence-corrected chi connectivity index (χ2v) is 6.02. The molecule has 0 saturated carbocycles. The average molecular weight is 320 g/mol. The van der Waals surface area contributed by atoms with Crippen molar-refractivity contribution in [1.29, 1.82) is 0 Å². The highest BCUT2D eigenvalue weighted by atomic mass is 35.5. The molecule has 0 aliphatic heterocycles. The van der Waals surface area contributed by atoms with E-state index in [1.807, 2.05) is 42.5 Å². The molecular weight excluding hydrogens is 306 g/mol. The first kappa shape index (κ1) is 14.3. The molecule has 0 saturated heterocycles. The van der Waals surface area contributed by atoms with Gasteiger partial charge in [0.05, 0.1) is 6.61 Å². The monoisotopic (exact) mass is 319 g/mol. The highest BCUT2D eigenvalue weighted by Crippen LogP contribution is 2.27. The van der Waals surface area contributed by atoms with Crippen molar-refractivity contribution in [1.82, 2.24) is 4.84 Å². The van der Waals surface area contributed by atoms with E-state index < -0.39 is 0 Å². The zero-order valence-electron chi connectivity index (χ0n) is 11.3.